The SMILES string of the molecule is COc1cc(N2CCC(C(C)(NS(=O)C(C)(C)C)c3ccc(Br)c(F)c3)CC2)ccc1C#N. The molecule has 8 heteroatoms. The van der Waals surface area contributed by atoms with E-state index >= 15 is 0 Å². The lowest BCUT2D eigenvalue weighted by Crippen LogP contribution is -2.53. The van der Waals surface area contributed by atoms with E-state index in [0.29, 0.717) is 15.8 Å². The summed E-state index contributed by atoms with van der Waals surface area (Å²) in [4.78, 5) is 2.27. The van der Waals surface area contributed by atoms with Gasteiger partial charge in [-0.3, -0.25) is 0 Å². The Kier molecular flexibility index (Phi) is 7.87. The zero-order valence-electron chi connectivity index (χ0n) is 19.7. The van der Waals surface area contributed by atoms with E-state index in [4.69, 9.17) is 4.74 Å². The topological polar surface area (TPSA) is 65.4 Å². The molecule has 0 radical (unpaired) electrons. The molecule has 1 N–H and O–H groups in total. The second kappa shape index (κ2) is 10.1. The van der Waals surface area contributed by atoms with Gasteiger partial charge in [0.1, 0.15) is 17.6 Å². The lowest BCUT2D eigenvalue weighted by Gasteiger charge is -2.45. The summed E-state index contributed by atoms with van der Waals surface area (Å²) in [6, 6.07) is 12.9. The molecule has 0 aromatic heterocycles. The Bertz CT molecular complexity index is 1070. The maximum Gasteiger partial charge on any atom is 0.138 e. The predicted molar refractivity (Wildman–Crippen MR) is 135 cm³/mol. The summed E-state index contributed by atoms with van der Waals surface area (Å²) in [6.45, 7) is 9.40. The first-order valence-corrected chi connectivity index (χ1v) is 12.9. The average Bonchev–Trinajstić information content (AvgIpc) is 2.79. The van der Waals surface area contributed by atoms with E-state index in [1.165, 1.54) is 6.07 Å². The Morgan fingerprint density at radius 1 is 1.18 bits per heavy atom. The summed E-state index contributed by atoms with van der Waals surface area (Å²) < 4.78 is 36.3. The van der Waals surface area contributed by atoms with Crippen LogP contribution >= 0.6 is 15.9 Å². The molecule has 1 aliphatic rings. The Morgan fingerprint density at radius 2 is 1.85 bits per heavy atom. The zero-order chi connectivity index (χ0) is 24.4. The molecular weight excluding hydrogens is 505 g/mol. The molecule has 5 nitrogen and oxygen atoms in total. The van der Waals surface area contributed by atoms with Crippen LogP contribution in [0.15, 0.2) is 40.9 Å². The van der Waals surface area contributed by atoms with Crippen LogP contribution in [-0.4, -0.2) is 29.2 Å². The molecule has 0 amide bonds. The molecule has 1 aliphatic heterocycles. The monoisotopic (exact) mass is 535 g/mol. The number of rotatable bonds is 6. The highest BCUT2D eigenvalue weighted by Crippen LogP contribution is 2.40. The van der Waals surface area contributed by atoms with Crippen LogP contribution in [-0.2, 0) is 16.5 Å². The van der Waals surface area contributed by atoms with Crippen molar-refractivity contribution in [3.8, 4) is 11.8 Å². The maximum atomic E-state index is 14.5. The van der Waals surface area contributed by atoms with Crippen molar-refractivity contribution in [2.24, 2.45) is 5.92 Å². The largest absolute Gasteiger partial charge is 0.495 e. The summed E-state index contributed by atoms with van der Waals surface area (Å²) in [7, 11) is 0.247. The van der Waals surface area contributed by atoms with Gasteiger partial charge in [-0.1, -0.05) is 6.07 Å². The van der Waals surface area contributed by atoms with Crippen molar-refractivity contribution in [1.29, 1.82) is 5.26 Å². The Labute approximate surface area is 207 Å². The highest BCUT2D eigenvalue weighted by atomic mass is 79.9. The van der Waals surface area contributed by atoms with Gasteiger partial charge in [-0.15, -0.1) is 0 Å². The smallest absolute Gasteiger partial charge is 0.138 e. The summed E-state index contributed by atoms with van der Waals surface area (Å²) in [5, 5.41) is 9.24. The van der Waals surface area contributed by atoms with E-state index in [2.05, 4.69) is 31.6 Å². The van der Waals surface area contributed by atoms with Crippen LogP contribution in [0.1, 0.15) is 51.7 Å². The first-order valence-electron chi connectivity index (χ1n) is 11.0. The fourth-order valence-electron chi connectivity index (χ4n) is 4.23. The van der Waals surface area contributed by atoms with E-state index in [9.17, 15) is 13.9 Å². The van der Waals surface area contributed by atoms with E-state index in [-0.39, 0.29) is 11.7 Å². The van der Waals surface area contributed by atoms with Gasteiger partial charge in [0, 0.05) is 24.8 Å². The second-order valence-corrected chi connectivity index (χ2v) is 12.4. The van der Waals surface area contributed by atoms with Crippen LogP contribution in [0.4, 0.5) is 10.1 Å². The molecule has 2 unspecified atom stereocenters. The van der Waals surface area contributed by atoms with Gasteiger partial charge in [0.2, 0.25) is 0 Å². The van der Waals surface area contributed by atoms with Crippen LogP contribution in [0.3, 0.4) is 0 Å². The van der Waals surface area contributed by atoms with Crippen molar-refractivity contribution in [3.05, 3.63) is 57.8 Å². The van der Waals surface area contributed by atoms with Gasteiger partial charge in [-0.2, -0.15) is 5.26 Å². The molecule has 0 spiro atoms. The molecule has 1 saturated heterocycles. The highest BCUT2D eigenvalue weighted by Gasteiger charge is 2.41. The number of nitrogens with zero attached hydrogens (tertiary/aromatic N) is 2. The zero-order valence-corrected chi connectivity index (χ0v) is 22.1. The Balaban J connectivity index is 1.87. The van der Waals surface area contributed by atoms with Gasteiger partial charge in [-0.05, 0) is 92.2 Å². The Hall–Kier alpha value is -1.95. The van der Waals surface area contributed by atoms with Gasteiger partial charge in [0.25, 0.3) is 0 Å². The summed E-state index contributed by atoms with van der Waals surface area (Å²) in [5.41, 5.74) is 1.65. The lowest BCUT2D eigenvalue weighted by molar-refractivity contribution is 0.227. The minimum atomic E-state index is -1.32. The number of hydrogen-bond acceptors (Lipinski definition) is 4. The maximum absolute atomic E-state index is 14.5. The number of hydrogen-bond donors (Lipinski definition) is 1. The van der Waals surface area contributed by atoms with E-state index in [0.717, 1.165) is 37.2 Å². The fraction of sp³-hybridized carbons (Fsp3) is 0.480. The van der Waals surface area contributed by atoms with E-state index in [1.807, 2.05) is 45.9 Å². The molecule has 0 saturated carbocycles. The fourth-order valence-corrected chi connectivity index (χ4v) is 5.45. The van der Waals surface area contributed by atoms with Crippen LogP contribution in [0.5, 0.6) is 5.75 Å². The molecule has 178 valence electrons. The highest BCUT2D eigenvalue weighted by molar-refractivity contribution is 9.10. The number of halogens is 2. The first-order chi connectivity index (χ1) is 15.5. The quantitative estimate of drug-likeness (QED) is 0.518. The van der Waals surface area contributed by atoms with Crippen molar-refractivity contribution < 1.29 is 13.3 Å². The number of nitriles is 1. The normalized spacial score (nSPS) is 17.8. The third-order valence-corrected chi connectivity index (χ3v) is 8.73. The summed E-state index contributed by atoms with van der Waals surface area (Å²) in [6.07, 6.45) is 1.68. The van der Waals surface area contributed by atoms with Crippen molar-refractivity contribution >= 4 is 32.6 Å². The molecule has 0 aliphatic carbocycles. The minimum absolute atomic E-state index is 0.154. The van der Waals surface area contributed by atoms with Crippen LogP contribution in [0.2, 0.25) is 0 Å². The number of methoxy groups -OCH3 is 1. The second-order valence-electron chi connectivity index (χ2n) is 9.57. The third-order valence-electron chi connectivity index (χ3n) is 6.36. The van der Waals surface area contributed by atoms with Gasteiger partial charge in [0.05, 0.1) is 38.4 Å². The van der Waals surface area contributed by atoms with Crippen LogP contribution in [0, 0.1) is 23.1 Å². The average molecular weight is 537 g/mol. The Morgan fingerprint density at radius 3 is 2.39 bits per heavy atom. The molecular formula is C25H31BrFN3O2S. The number of anilines is 1. The van der Waals surface area contributed by atoms with Crippen LogP contribution in [0.25, 0.3) is 0 Å². The third kappa shape index (κ3) is 5.59. The van der Waals surface area contributed by atoms with E-state index < -0.39 is 21.3 Å². The molecule has 0 bridgehead atoms. The molecule has 2 atom stereocenters. The summed E-state index contributed by atoms with van der Waals surface area (Å²) in [5.74, 6) is 0.389. The van der Waals surface area contributed by atoms with Crippen molar-refractivity contribution in [3.63, 3.8) is 0 Å². The number of nitrogens with one attached hydrogen (secondary N) is 1. The summed E-state index contributed by atoms with van der Waals surface area (Å²) >= 11 is 3.24. The molecule has 1 heterocycles. The van der Waals surface area contributed by atoms with Gasteiger partial charge < -0.3 is 9.64 Å². The van der Waals surface area contributed by atoms with Crippen molar-refractivity contribution in [2.45, 2.75) is 50.8 Å². The molecule has 2 aromatic carbocycles. The number of ether oxygens (including phenoxy) is 1. The molecule has 33 heavy (non-hydrogen) atoms. The van der Waals surface area contributed by atoms with Crippen molar-refractivity contribution in [1.82, 2.24) is 4.72 Å². The van der Waals surface area contributed by atoms with Gasteiger partial charge >= 0.3 is 0 Å². The van der Waals surface area contributed by atoms with Gasteiger partial charge in [-0.25, -0.2) is 13.3 Å². The number of benzene rings is 2. The van der Waals surface area contributed by atoms with Crippen molar-refractivity contribution in [2.75, 3.05) is 25.1 Å². The standard InChI is InChI=1S/C25H31BrFN3O2S/c1-24(2,3)33(31)29-25(4,19-7-9-21(26)22(27)14-19)18-10-12-30(13-11-18)20-8-6-17(16-28)23(15-20)32-5/h6-9,14-15,18,29H,10-13H2,1-5H3. The van der Waals surface area contributed by atoms with Crippen LogP contribution < -0.4 is 14.4 Å². The number of piperidine rings is 1. The molecule has 2 aromatic rings. The van der Waals surface area contributed by atoms with E-state index in [1.54, 1.807) is 19.2 Å². The molecule has 3 rings (SSSR count). The predicted octanol–water partition coefficient (Wildman–Crippen LogP) is 5.65. The lowest BCUT2D eigenvalue weighted by atomic mass is 9.75. The minimum Gasteiger partial charge on any atom is -0.495 e. The molecule has 1 fully saturated rings. The first kappa shape index (κ1) is 25.7. The van der Waals surface area contributed by atoms with Gasteiger partial charge in [0.15, 0.2) is 0 Å².